The largest absolute Gasteiger partial charge is 0.314 e. The lowest BCUT2D eigenvalue weighted by atomic mass is 9.93. The van der Waals surface area contributed by atoms with E-state index in [2.05, 4.69) is 30.4 Å². The Bertz CT molecular complexity index is 152. The monoisotopic (exact) mass is 216 g/mol. The third kappa shape index (κ3) is 4.67. The van der Waals surface area contributed by atoms with Crippen LogP contribution in [0.15, 0.2) is 0 Å². The fourth-order valence-corrected chi connectivity index (χ4v) is 2.67. The summed E-state index contributed by atoms with van der Waals surface area (Å²) in [5.41, 5.74) is 0. The van der Waals surface area contributed by atoms with Gasteiger partial charge >= 0.3 is 0 Å². The summed E-state index contributed by atoms with van der Waals surface area (Å²) >= 11 is 1.94. The summed E-state index contributed by atoms with van der Waals surface area (Å²) < 4.78 is 0. The maximum absolute atomic E-state index is 3.51. The van der Waals surface area contributed by atoms with E-state index in [1.54, 1.807) is 0 Å². The Morgan fingerprint density at radius 1 is 1.50 bits per heavy atom. The van der Waals surface area contributed by atoms with Crippen LogP contribution >= 0.6 is 11.8 Å². The van der Waals surface area contributed by atoms with Crippen LogP contribution in [0.1, 0.15) is 19.8 Å². The van der Waals surface area contributed by atoms with Crippen molar-refractivity contribution in [2.45, 2.75) is 25.8 Å². The van der Waals surface area contributed by atoms with E-state index in [-0.39, 0.29) is 0 Å². The highest BCUT2D eigenvalue weighted by Crippen LogP contribution is 2.16. The minimum absolute atomic E-state index is 0.725. The van der Waals surface area contributed by atoms with Crippen LogP contribution in [0.3, 0.4) is 0 Å². The van der Waals surface area contributed by atoms with Gasteiger partial charge in [-0.1, -0.05) is 0 Å². The van der Waals surface area contributed by atoms with Gasteiger partial charge < -0.3 is 10.2 Å². The second-order valence-corrected chi connectivity index (χ2v) is 5.49. The van der Waals surface area contributed by atoms with E-state index in [1.807, 2.05) is 11.8 Å². The first-order chi connectivity index (χ1) is 6.72. The number of hydrogen-bond donors (Lipinski definition) is 1. The third-order valence-corrected chi connectivity index (χ3v) is 3.57. The zero-order valence-corrected chi connectivity index (χ0v) is 10.6. The fraction of sp³-hybridized carbons (Fsp3) is 1.00. The highest BCUT2D eigenvalue weighted by Gasteiger charge is 2.19. The SMILES string of the molecule is CSCCN(C)CC1CCNC(C)C1. The molecule has 0 aromatic carbocycles. The van der Waals surface area contributed by atoms with Crippen molar-refractivity contribution < 1.29 is 0 Å². The van der Waals surface area contributed by atoms with Gasteiger partial charge in [-0.25, -0.2) is 0 Å². The van der Waals surface area contributed by atoms with E-state index in [0.717, 1.165) is 12.0 Å². The summed E-state index contributed by atoms with van der Waals surface area (Å²) in [6.07, 6.45) is 4.89. The molecule has 0 aromatic heterocycles. The standard InChI is InChI=1S/C11H24N2S/c1-10-8-11(4-5-12-10)9-13(2)6-7-14-3/h10-12H,4-9H2,1-3H3. The van der Waals surface area contributed by atoms with Crippen molar-refractivity contribution in [1.82, 2.24) is 10.2 Å². The molecule has 2 unspecified atom stereocenters. The molecule has 0 bridgehead atoms. The van der Waals surface area contributed by atoms with E-state index >= 15 is 0 Å². The first-order valence-corrected chi connectivity index (χ1v) is 7.02. The van der Waals surface area contributed by atoms with Crippen LogP contribution in [0.2, 0.25) is 0 Å². The Morgan fingerprint density at radius 2 is 2.29 bits per heavy atom. The number of hydrogen-bond acceptors (Lipinski definition) is 3. The summed E-state index contributed by atoms with van der Waals surface area (Å²) in [6.45, 7) is 6.03. The zero-order chi connectivity index (χ0) is 10.4. The molecule has 1 aliphatic rings. The first-order valence-electron chi connectivity index (χ1n) is 5.63. The number of nitrogens with zero attached hydrogens (tertiary/aromatic N) is 1. The number of nitrogens with one attached hydrogen (secondary N) is 1. The Kier molecular flexibility index (Phi) is 5.90. The molecule has 2 nitrogen and oxygen atoms in total. The van der Waals surface area contributed by atoms with E-state index in [1.165, 1.54) is 38.2 Å². The summed E-state index contributed by atoms with van der Waals surface area (Å²) in [4.78, 5) is 2.49. The van der Waals surface area contributed by atoms with Gasteiger partial charge in [0.25, 0.3) is 0 Å². The second kappa shape index (κ2) is 6.70. The first kappa shape index (κ1) is 12.3. The molecule has 1 heterocycles. The Labute approximate surface area is 92.8 Å². The van der Waals surface area contributed by atoms with Crippen molar-refractivity contribution >= 4 is 11.8 Å². The van der Waals surface area contributed by atoms with Gasteiger partial charge in [0.2, 0.25) is 0 Å². The Morgan fingerprint density at radius 3 is 2.93 bits per heavy atom. The van der Waals surface area contributed by atoms with Crippen molar-refractivity contribution in [2.75, 3.05) is 38.7 Å². The van der Waals surface area contributed by atoms with Crippen molar-refractivity contribution in [2.24, 2.45) is 5.92 Å². The molecule has 0 aliphatic carbocycles. The van der Waals surface area contributed by atoms with Crippen LogP contribution in [0.25, 0.3) is 0 Å². The van der Waals surface area contributed by atoms with Crippen LogP contribution in [0.4, 0.5) is 0 Å². The van der Waals surface area contributed by atoms with Crippen molar-refractivity contribution in [1.29, 1.82) is 0 Å². The Hall–Kier alpha value is 0.270. The smallest absolute Gasteiger partial charge is 0.00693 e. The van der Waals surface area contributed by atoms with Crippen molar-refractivity contribution in [3.63, 3.8) is 0 Å². The molecule has 0 aromatic rings. The molecule has 1 rings (SSSR count). The average Bonchev–Trinajstić information content (AvgIpc) is 2.15. The lowest BCUT2D eigenvalue weighted by Gasteiger charge is -2.31. The molecule has 0 amide bonds. The molecule has 1 fully saturated rings. The van der Waals surface area contributed by atoms with E-state index in [9.17, 15) is 0 Å². The summed E-state index contributed by atoms with van der Waals surface area (Å²) in [5, 5.41) is 3.51. The number of rotatable bonds is 5. The predicted octanol–water partition coefficient (Wildman–Crippen LogP) is 1.67. The van der Waals surface area contributed by atoms with Crippen molar-refractivity contribution in [3.8, 4) is 0 Å². The van der Waals surface area contributed by atoms with Gasteiger partial charge in [-0.3, -0.25) is 0 Å². The summed E-state index contributed by atoms with van der Waals surface area (Å²) in [5.74, 6) is 2.18. The summed E-state index contributed by atoms with van der Waals surface area (Å²) in [6, 6.07) is 0.725. The van der Waals surface area contributed by atoms with Crippen LogP contribution in [-0.2, 0) is 0 Å². The molecular formula is C11H24N2S. The molecule has 84 valence electrons. The normalized spacial score (nSPS) is 28.3. The maximum Gasteiger partial charge on any atom is 0.00693 e. The van der Waals surface area contributed by atoms with Gasteiger partial charge in [-0.05, 0) is 45.5 Å². The average molecular weight is 216 g/mol. The number of thioether (sulfide) groups is 1. The second-order valence-electron chi connectivity index (χ2n) is 4.50. The van der Waals surface area contributed by atoms with E-state index < -0.39 is 0 Å². The highest BCUT2D eigenvalue weighted by molar-refractivity contribution is 7.98. The zero-order valence-electron chi connectivity index (χ0n) is 9.75. The minimum atomic E-state index is 0.725. The van der Waals surface area contributed by atoms with Gasteiger partial charge in [-0.15, -0.1) is 0 Å². The van der Waals surface area contributed by atoms with E-state index in [0.29, 0.717) is 0 Å². The van der Waals surface area contributed by atoms with Crippen LogP contribution < -0.4 is 5.32 Å². The number of piperidine rings is 1. The van der Waals surface area contributed by atoms with Crippen LogP contribution in [0, 0.1) is 5.92 Å². The molecule has 0 radical (unpaired) electrons. The molecule has 0 saturated carbocycles. The topological polar surface area (TPSA) is 15.3 Å². The fourth-order valence-electron chi connectivity index (χ4n) is 2.18. The molecular weight excluding hydrogens is 192 g/mol. The maximum atomic E-state index is 3.51. The lowest BCUT2D eigenvalue weighted by Crippen LogP contribution is -2.40. The van der Waals surface area contributed by atoms with Gasteiger partial charge in [0.15, 0.2) is 0 Å². The van der Waals surface area contributed by atoms with Gasteiger partial charge in [0.1, 0.15) is 0 Å². The molecule has 3 heteroatoms. The van der Waals surface area contributed by atoms with Gasteiger partial charge in [-0.2, -0.15) is 11.8 Å². The molecule has 14 heavy (non-hydrogen) atoms. The molecule has 2 atom stereocenters. The molecule has 1 saturated heterocycles. The predicted molar refractivity (Wildman–Crippen MR) is 66.1 cm³/mol. The molecule has 1 N–H and O–H groups in total. The summed E-state index contributed by atoms with van der Waals surface area (Å²) in [7, 11) is 2.25. The minimum Gasteiger partial charge on any atom is -0.314 e. The quantitative estimate of drug-likeness (QED) is 0.752. The Balaban J connectivity index is 2.15. The molecule has 0 spiro atoms. The van der Waals surface area contributed by atoms with E-state index in [4.69, 9.17) is 0 Å². The lowest BCUT2D eigenvalue weighted by molar-refractivity contribution is 0.227. The third-order valence-electron chi connectivity index (χ3n) is 2.98. The van der Waals surface area contributed by atoms with Crippen molar-refractivity contribution in [3.05, 3.63) is 0 Å². The van der Waals surface area contributed by atoms with Crippen LogP contribution in [0.5, 0.6) is 0 Å². The highest BCUT2D eigenvalue weighted by atomic mass is 32.2. The van der Waals surface area contributed by atoms with Gasteiger partial charge in [0, 0.05) is 24.9 Å². The van der Waals surface area contributed by atoms with Gasteiger partial charge in [0.05, 0.1) is 0 Å². The molecule has 1 aliphatic heterocycles. The van der Waals surface area contributed by atoms with Crippen LogP contribution in [-0.4, -0.2) is 49.6 Å².